The summed E-state index contributed by atoms with van der Waals surface area (Å²) in [6, 6.07) is 21.9. The molecule has 0 radical (unpaired) electrons. The number of amides is 1. The van der Waals surface area contributed by atoms with E-state index in [2.05, 4.69) is 5.32 Å². The first kappa shape index (κ1) is 17.4. The Hall–Kier alpha value is -4.04. The average Bonchev–Trinajstić information content (AvgIpc) is 3.21. The molecule has 0 bridgehead atoms. The lowest BCUT2D eigenvalue weighted by atomic mass is 10.1. The molecule has 136 valence electrons. The fourth-order valence-electron chi connectivity index (χ4n) is 2.79. The Balaban J connectivity index is 1.40. The van der Waals surface area contributed by atoms with Gasteiger partial charge >= 0.3 is 0 Å². The van der Waals surface area contributed by atoms with Gasteiger partial charge in [0.25, 0.3) is 5.91 Å². The molecule has 4 rings (SSSR count). The number of benzene rings is 3. The minimum Gasteiger partial charge on any atom is -0.454 e. The second-order valence-electron chi connectivity index (χ2n) is 6.21. The number of nitrogens with one attached hydrogen (secondary N) is 1. The minimum atomic E-state index is -0.215. The minimum absolute atomic E-state index is 0.215. The van der Waals surface area contributed by atoms with Crippen LogP contribution in [-0.2, 0) is 0 Å². The summed E-state index contributed by atoms with van der Waals surface area (Å²) in [6.45, 7) is 0.262. The first-order valence-electron chi connectivity index (χ1n) is 8.70. The van der Waals surface area contributed by atoms with Crippen LogP contribution < -0.4 is 14.8 Å². The molecular weight excluding hydrogens is 352 g/mol. The van der Waals surface area contributed by atoms with E-state index in [9.17, 15) is 4.79 Å². The van der Waals surface area contributed by atoms with Crippen molar-refractivity contribution in [3.05, 3.63) is 89.0 Å². The number of fused-ring (bicyclic) bond motifs is 1. The Morgan fingerprint density at radius 3 is 2.32 bits per heavy atom. The molecule has 0 saturated carbocycles. The molecule has 0 spiro atoms. The van der Waals surface area contributed by atoms with Crippen molar-refractivity contribution in [3.8, 4) is 17.6 Å². The summed E-state index contributed by atoms with van der Waals surface area (Å²) in [5.41, 5.74) is 3.76. The summed E-state index contributed by atoms with van der Waals surface area (Å²) >= 11 is 0. The van der Waals surface area contributed by atoms with E-state index >= 15 is 0 Å². The largest absolute Gasteiger partial charge is 0.454 e. The van der Waals surface area contributed by atoms with E-state index < -0.39 is 0 Å². The van der Waals surface area contributed by atoms with Crippen molar-refractivity contribution < 1.29 is 14.3 Å². The molecule has 0 unspecified atom stereocenters. The number of ether oxygens (including phenoxy) is 2. The molecule has 3 aromatic carbocycles. The first-order valence-corrected chi connectivity index (χ1v) is 8.70. The van der Waals surface area contributed by atoms with Gasteiger partial charge < -0.3 is 14.8 Å². The van der Waals surface area contributed by atoms with E-state index in [1.165, 1.54) is 0 Å². The molecule has 5 heteroatoms. The molecule has 0 saturated heterocycles. The molecule has 0 aliphatic carbocycles. The number of hydrogen-bond acceptors (Lipinski definition) is 4. The van der Waals surface area contributed by atoms with Gasteiger partial charge in [-0.25, -0.2) is 0 Å². The molecular formula is C23H16N2O3. The number of hydrogen-bond donors (Lipinski definition) is 1. The Morgan fingerprint density at radius 2 is 1.57 bits per heavy atom. The van der Waals surface area contributed by atoms with Gasteiger partial charge in [0.2, 0.25) is 6.79 Å². The first-order chi connectivity index (χ1) is 13.7. The third kappa shape index (κ3) is 3.87. The van der Waals surface area contributed by atoms with Crippen molar-refractivity contribution in [1.29, 1.82) is 5.26 Å². The molecule has 1 aliphatic heterocycles. The van der Waals surface area contributed by atoms with E-state index in [1.807, 2.05) is 60.7 Å². The van der Waals surface area contributed by atoms with E-state index in [0.717, 1.165) is 22.6 Å². The Labute approximate surface area is 162 Å². The Kier molecular flexibility index (Phi) is 4.77. The fraction of sp³-hybridized carbons (Fsp3) is 0.0435. The van der Waals surface area contributed by atoms with Gasteiger partial charge in [0.15, 0.2) is 11.5 Å². The van der Waals surface area contributed by atoms with Crippen molar-refractivity contribution in [2.75, 3.05) is 12.1 Å². The molecule has 1 amide bonds. The van der Waals surface area contributed by atoms with Crippen LogP contribution in [0.25, 0.3) is 12.2 Å². The van der Waals surface area contributed by atoms with Gasteiger partial charge in [-0.15, -0.1) is 0 Å². The van der Waals surface area contributed by atoms with Crippen LogP contribution in [-0.4, -0.2) is 12.7 Å². The summed E-state index contributed by atoms with van der Waals surface area (Å²) in [5, 5.41) is 11.7. The van der Waals surface area contributed by atoms with E-state index in [1.54, 1.807) is 24.3 Å². The lowest BCUT2D eigenvalue weighted by Gasteiger charge is -2.06. The quantitative estimate of drug-likeness (QED) is 0.677. The van der Waals surface area contributed by atoms with E-state index in [4.69, 9.17) is 14.7 Å². The second kappa shape index (κ2) is 7.68. The molecule has 28 heavy (non-hydrogen) atoms. The van der Waals surface area contributed by atoms with Crippen molar-refractivity contribution in [2.24, 2.45) is 0 Å². The zero-order valence-electron chi connectivity index (χ0n) is 14.9. The monoisotopic (exact) mass is 368 g/mol. The van der Waals surface area contributed by atoms with Crippen LogP contribution in [0.5, 0.6) is 11.5 Å². The zero-order chi connectivity index (χ0) is 19.3. The zero-order valence-corrected chi connectivity index (χ0v) is 14.9. The summed E-state index contributed by atoms with van der Waals surface area (Å²) in [7, 11) is 0. The lowest BCUT2D eigenvalue weighted by Crippen LogP contribution is -2.11. The van der Waals surface area contributed by atoms with Crippen molar-refractivity contribution >= 4 is 23.7 Å². The van der Waals surface area contributed by atoms with Crippen LogP contribution in [0.15, 0.2) is 66.7 Å². The van der Waals surface area contributed by atoms with Crippen molar-refractivity contribution in [1.82, 2.24) is 0 Å². The predicted molar refractivity (Wildman–Crippen MR) is 107 cm³/mol. The molecule has 1 heterocycles. The van der Waals surface area contributed by atoms with Gasteiger partial charge in [-0.05, 0) is 59.7 Å². The summed E-state index contributed by atoms with van der Waals surface area (Å²) in [4.78, 5) is 12.3. The van der Waals surface area contributed by atoms with Gasteiger partial charge in [-0.2, -0.15) is 5.26 Å². The lowest BCUT2D eigenvalue weighted by molar-refractivity contribution is 0.102. The van der Waals surface area contributed by atoms with Gasteiger partial charge in [-0.1, -0.05) is 30.4 Å². The summed E-state index contributed by atoms with van der Waals surface area (Å²) in [5.74, 6) is 1.30. The predicted octanol–water partition coefficient (Wildman–Crippen LogP) is 4.71. The van der Waals surface area contributed by atoms with Crippen LogP contribution in [0.1, 0.15) is 27.0 Å². The number of carbonyl (C=O) groups excluding carboxylic acids is 1. The highest BCUT2D eigenvalue weighted by Gasteiger charge is 2.12. The van der Waals surface area contributed by atoms with Gasteiger partial charge in [0.05, 0.1) is 11.6 Å². The normalized spacial score (nSPS) is 12.0. The topological polar surface area (TPSA) is 71.4 Å². The molecule has 0 aromatic heterocycles. The van der Waals surface area contributed by atoms with Crippen LogP contribution >= 0.6 is 0 Å². The third-order valence-corrected chi connectivity index (χ3v) is 4.31. The van der Waals surface area contributed by atoms with Crippen molar-refractivity contribution in [3.63, 3.8) is 0 Å². The highest BCUT2D eigenvalue weighted by Crippen LogP contribution is 2.33. The van der Waals surface area contributed by atoms with Gasteiger partial charge in [0, 0.05) is 11.3 Å². The maximum absolute atomic E-state index is 12.3. The molecule has 0 fully saturated rings. The number of nitriles is 1. The standard InChI is InChI=1S/C23H16N2O3/c24-14-18-3-8-19(9-4-18)23(26)25-20-10-5-16(6-11-20)1-2-17-7-12-21-22(13-17)28-15-27-21/h1-13H,15H2,(H,25,26)/b2-1+. The number of anilines is 1. The molecule has 5 nitrogen and oxygen atoms in total. The summed E-state index contributed by atoms with van der Waals surface area (Å²) < 4.78 is 10.7. The summed E-state index contributed by atoms with van der Waals surface area (Å²) in [6.07, 6.45) is 3.98. The second-order valence-corrected chi connectivity index (χ2v) is 6.21. The van der Waals surface area contributed by atoms with Crippen LogP contribution in [0, 0.1) is 11.3 Å². The third-order valence-electron chi connectivity index (χ3n) is 4.31. The molecule has 3 aromatic rings. The molecule has 0 atom stereocenters. The van der Waals surface area contributed by atoms with E-state index in [0.29, 0.717) is 16.8 Å². The highest BCUT2D eigenvalue weighted by molar-refractivity contribution is 6.04. The maximum Gasteiger partial charge on any atom is 0.255 e. The highest BCUT2D eigenvalue weighted by atomic mass is 16.7. The fourth-order valence-corrected chi connectivity index (χ4v) is 2.79. The van der Waals surface area contributed by atoms with Crippen LogP contribution in [0.2, 0.25) is 0 Å². The molecule has 1 aliphatic rings. The van der Waals surface area contributed by atoms with Gasteiger partial charge in [0.1, 0.15) is 0 Å². The van der Waals surface area contributed by atoms with E-state index in [-0.39, 0.29) is 12.7 Å². The number of carbonyl (C=O) groups is 1. The maximum atomic E-state index is 12.3. The van der Waals surface area contributed by atoms with Gasteiger partial charge in [-0.3, -0.25) is 4.79 Å². The van der Waals surface area contributed by atoms with Crippen LogP contribution in [0.4, 0.5) is 5.69 Å². The number of nitrogens with zero attached hydrogens (tertiary/aromatic N) is 1. The van der Waals surface area contributed by atoms with Crippen molar-refractivity contribution in [2.45, 2.75) is 0 Å². The smallest absolute Gasteiger partial charge is 0.255 e. The Morgan fingerprint density at radius 1 is 0.893 bits per heavy atom. The molecule has 1 N–H and O–H groups in total. The number of rotatable bonds is 4. The van der Waals surface area contributed by atoms with Crippen LogP contribution in [0.3, 0.4) is 0 Å². The SMILES string of the molecule is N#Cc1ccc(C(=O)Nc2ccc(/C=C/c3ccc4c(c3)OCO4)cc2)cc1. The Bertz CT molecular complexity index is 1080. The average molecular weight is 368 g/mol.